The van der Waals surface area contributed by atoms with Crippen LogP contribution in [0.25, 0.3) is 0 Å². The van der Waals surface area contributed by atoms with E-state index in [1.165, 1.54) is 0 Å². The molecule has 0 rings (SSSR count). The fourth-order valence-electron chi connectivity index (χ4n) is 2.76. The van der Waals surface area contributed by atoms with Gasteiger partial charge < -0.3 is 19.3 Å². The molecule has 1 atom stereocenters. The van der Waals surface area contributed by atoms with Crippen molar-refractivity contribution in [2.75, 3.05) is 19.8 Å². The number of allylic oxidation sites excluding steroid dienone is 4. The molecular formula is C25H46O5. The van der Waals surface area contributed by atoms with Crippen molar-refractivity contribution in [3.63, 3.8) is 0 Å². The van der Waals surface area contributed by atoms with E-state index in [9.17, 15) is 9.90 Å². The first-order valence-electron chi connectivity index (χ1n) is 12.0. The highest BCUT2D eigenvalue weighted by molar-refractivity contribution is 5.69. The minimum absolute atomic E-state index is 0.259. The third-order valence-electron chi connectivity index (χ3n) is 4.71. The van der Waals surface area contributed by atoms with Crippen LogP contribution in [-0.2, 0) is 19.0 Å². The van der Waals surface area contributed by atoms with Gasteiger partial charge in [0.15, 0.2) is 6.29 Å². The lowest BCUT2D eigenvalue weighted by Crippen LogP contribution is -2.21. The maximum atomic E-state index is 11.9. The van der Waals surface area contributed by atoms with E-state index in [1.807, 2.05) is 6.92 Å². The summed E-state index contributed by atoms with van der Waals surface area (Å²) in [5.74, 6) is -0.259. The number of hydrogen-bond donors (Lipinski definition) is 1. The summed E-state index contributed by atoms with van der Waals surface area (Å²) >= 11 is 0. The van der Waals surface area contributed by atoms with Gasteiger partial charge >= 0.3 is 5.97 Å². The first kappa shape index (κ1) is 28.8. The second-order valence-corrected chi connectivity index (χ2v) is 7.53. The number of aliphatic hydroxyl groups is 1. The topological polar surface area (TPSA) is 65.0 Å². The van der Waals surface area contributed by atoms with Crippen LogP contribution in [0.1, 0.15) is 97.8 Å². The van der Waals surface area contributed by atoms with Gasteiger partial charge in [0, 0.05) is 26.1 Å². The maximum Gasteiger partial charge on any atom is 0.305 e. The third kappa shape index (κ3) is 20.1. The van der Waals surface area contributed by atoms with E-state index in [1.54, 1.807) is 0 Å². The van der Waals surface area contributed by atoms with Gasteiger partial charge in [0.2, 0.25) is 0 Å². The van der Waals surface area contributed by atoms with Crippen molar-refractivity contribution in [2.24, 2.45) is 0 Å². The van der Waals surface area contributed by atoms with E-state index in [2.05, 4.69) is 38.2 Å². The highest BCUT2D eigenvalue weighted by atomic mass is 16.7. The minimum Gasteiger partial charge on any atom is -0.466 e. The zero-order chi connectivity index (χ0) is 22.3. The van der Waals surface area contributed by atoms with E-state index in [-0.39, 0.29) is 25.3 Å². The predicted molar refractivity (Wildman–Crippen MR) is 123 cm³/mol. The molecule has 0 aromatic carbocycles. The van der Waals surface area contributed by atoms with Gasteiger partial charge in [0.1, 0.15) is 0 Å². The van der Waals surface area contributed by atoms with Gasteiger partial charge in [-0.15, -0.1) is 0 Å². The molecule has 1 unspecified atom stereocenters. The molecule has 0 amide bonds. The highest BCUT2D eigenvalue weighted by Crippen LogP contribution is 2.10. The first-order chi connectivity index (χ1) is 14.6. The van der Waals surface area contributed by atoms with Crippen LogP contribution in [0, 0.1) is 0 Å². The van der Waals surface area contributed by atoms with Gasteiger partial charge in [0.25, 0.3) is 0 Å². The van der Waals surface area contributed by atoms with E-state index in [4.69, 9.17) is 14.2 Å². The summed E-state index contributed by atoms with van der Waals surface area (Å²) in [4.78, 5) is 11.9. The monoisotopic (exact) mass is 426 g/mol. The molecule has 0 aromatic rings. The van der Waals surface area contributed by atoms with Gasteiger partial charge in [-0.2, -0.15) is 0 Å². The molecule has 0 aromatic heterocycles. The summed E-state index contributed by atoms with van der Waals surface area (Å²) in [6, 6.07) is 0. The van der Waals surface area contributed by atoms with Crippen molar-refractivity contribution in [3.05, 3.63) is 24.3 Å². The zero-order valence-corrected chi connectivity index (χ0v) is 19.7. The minimum atomic E-state index is -0.406. The lowest BCUT2D eigenvalue weighted by Gasteiger charge is -2.18. The van der Waals surface area contributed by atoms with E-state index >= 15 is 0 Å². The Labute approximate surface area is 184 Å². The molecule has 0 spiro atoms. The molecule has 0 aliphatic carbocycles. The number of hydrogen-bond acceptors (Lipinski definition) is 5. The summed E-state index contributed by atoms with van der Waals surface area (Å²) in [6.07, 6.45) is 18.4. The first-order valence-corrected chi connectivity index (χ1v) is 12.0. The lowest BCUT2D eigenvalue weighted by atomic mass is 10.2. The molecule has 0 radical (unpaired) electrons. The predicted octanol–water partition coefficient (Wildman–Crippen LogP) is 6.10. The Morgan fingerprint density at radius 3 is 1.87 bits per heavy atom. The second kappa shape index (κ2) is 22.5. The molecule has 5 heteroatoms. The Morgan fingerprint density at radius 2 is 1.37 bits per heavy atom. The Balaban J connectivity index is 4.13. The van der Waals surface area contributed by atoms with Gasteiger partial charge in [0.05, 0.1) is 19.1 Å². The standard InChI is InChI=1S/C25H46O5/c1-4-7-9-11-13-15-20-29-25(30-21-16-14-12-10-8-5-2)18-17-24(27)28-22-19-23(26)6-3/h7-10,23,25-26H,4-6,11-22H2,1-3H3/b9-7-,10-8-. The van der Waals surface area contributed by atoms with Crippen molar-refractivity contribution >= 4 is 5.97 Å². The van der Waals surface area contributed by atoms with Crippen molar-refractivity contribution in [1.29, 1.82) is 0 Å². The lowest BCUT2D eigenvalue weighted by molar-refractivity contribution is -0.159. The molecule has 0 heterocycles. The number of carbonyl (C=O) groups excluding carboxylic acids is 1. The van der Waals surface area contributed by atoms with Crippen molar-refractivity contribution in [3.8, 4) is 0 Å². The normalized spacial score (nSPS) is 13.0. The van der Waals surface area contributed by atoms with E-state index in [0.717, 1.165) is 51.4 Å². The van der Waals surface area contributed by atoms with Crippen LogP contribution in [0.3, 0.4) is 0 Å². The summed E-state index contributed by atoms with van der Waals surface area (Å²) in [5, 5.41) is 9.53. The second-order valence-electron chi connectivity index (χ2n) is 7.53. The Bertz CT molecular complexity index is 409. The molecule has 0 fully saturated rings. The fraction of sp³-hybridized carbons (Fsp3) is 0.800. The smallest absolute Gasteiger partial charge is 0.305 e. The number of aliphatic hydroxyl groups excluding tert-OH is 1. The average Bonchev–Trinajstić information content (AvgIpc) is 2.75. The molecule has 0 bridgehead atoms. The molecule has 0 aliphatic rings. The van der Waals surface area contributed by atoms with Crippen molar-refractivity contribution in [2.45, 2.75) is 110 Å². The van der Waals surface area contributed by atoms with Gasteiger partial charge in [-0.25, -0.2) is 0 Å². The van der Waals surface area contributed by atoms with Gasteiger partial charge in [-0.3, -0.25) is 4.79 Å². The Morgan fingerprint density at radius 1 is 0.800 bits per heavy atom. The SMILES string of the molecule is CC/C=C\CCCCOC(CCC(=O)OCCC(O)CC)OCCCC/C=C\CC. The molecule has 5 nitrogen and oxygen atoms in total. The van der Waals surface area contributed by atoms with Crippen LogP contribution >= 0.6 is 0 Å². The van der Waals surface area contributed by atoms with Gasteiger partial charge in [-0.05, 0) is 57.8 Å². The summed E-state index contributed by atoms with van der Waals surface area (Å²) in [7, 11) is 0. The number of ether oxygens (including phenoxy) is 3. The Kier molecular flexibility index (Phi) is 21.6. The van der Waals surface area contributed by atoms with Crippen molar-refractivity contribution in [1.82, 2.24) is 0 Å². The molecule has 0 aliphatic heterocycles. The van der Waals surface area contributed by atoms with Crippen LogP contribution in [0.2, 0.25) is 0 Å². The van der Waals surface area contributed by atoms with E-state index in [0.29, 0.717) is 32.5 Å². The molecular weight excluding hydrogens is 380 g/mol. The number of esters is 1. The van der Waals surface area contributed by atoms with Crippen LogP contribution < -0.4 is 0 Å². The summed E-state index contributed by atoms with van der Waals surface area (Å²) in [5.41, 5.74) is 0. The maximum absolute atomic E-state index is 11.9. The fourth-order valence-corrected chi connectivity index (χ4v) is 2.76. The van der Waals surface area contributed by atoms with Crippen molar-refractivity contribution < 1.29 is 24.1 Å². The largest absolute Gasteiger partial charge is 0.466 e. The number of rotatable bonds is 21. The van der Waals surface area contributed by atoms with Gasteiger partial charge in [-0.1, -0.05) is 45.1 Å². The van der Waals surface area contributed by atoms with Crippen LogP contribution in [-0.4, -0.2) is 43.3 Å². The summed E-state index contributed by atoms with van der Waals surface area (Å²) < 4.78 is 17.0. The number of unbranched alkanes of at least 4 members (excludes halogenated alkanes) is 4. The Hall–Kier alpha value is -1.17. The zero-order valence-electron chi connectivity index (χ0n) is 19.7. The molecule has 0 saturated carbocycles. The third-order valence-corrected chi connectivity index (χ3v) is 4.71. The quantitative estimate of drug-likeness (QED) is 0.104. The number of carbonyl (C=O) groups is 1. The summed E-state index contributed by atoms with van der Waals surface area (Å²) in [6.45, 7) is 7.73. The van der Waals surface area contributed by atoms with Crippen LogP contribution in [0.4, 0.5) is 0 Å². The van der Waals surface area contributed by atoms with Crippen LogP contribution in [0.15, 0.2) is 24.3 Å². The molecule has 176 valence electrons. The average molecular weight is 427 g/mol. The molecule has 30 heavy (non-hydrogen) atoms. The highest BCUT2D eigenvalue weighted by Gasteiger charge is 2.13. The van der Waals surface area contributed by atoms with Crippen LogP contribution in [0.5, 0.6) is 0 Å². The molecule has 1 N–H and O–H groups in total. The van der Waals surface area contributed by atoms with E-state index < -0.39 is 6.10 Å². The molecule has 0 saturated heterocycles.